The average Bonchev–Trinajstić information content (AvgIpc) is 2.64. The fourth-order valence-electron chi connectivity index (χ4n) is 1.68. The topological polar surface area (TPSA) is 61.7 Å². The summed E-state index contributed by atoms with van der Waals surface area (Å²) >= 11 is 0. The van der Waals surface area contributed by atoms with Crippen molar-refractivity contribution in [2.75, 3.05) is 5.73 Å². The van der Waals surface area contributed by atoms with Crippen LogP contribution in [0.15, 0.2) is 0 Å². The summed E-state index contributed by atoms with van der Waals surface area (Å²) < 4.78 is 3.56. The van der Waals surface area contributed by atoms with Crippen LogP contribution in [0.2, 0.25) is 0 Å². The predicted molar refractivity (Wildman–Crippen MR) is 63.7 cm³/mol. The van der Waals surface area contributed by atoms with E-state index in [1.54, 1.807) is 4.68 Å². The van der Waals surface area contributed by atoms with Crippen molar-refractivity contribution < 1.29 is 0 Å². The molecule has 0 spiro atoms. The van der Waals surface area contributed by atoms with Crippen LogP contribution in [0.5, 0.6) is 0 Å². The highest BCUT2D eigenvalue weighted by Crippen LogP contribution is 2.22. The second kappa shape index (κ2) is 3.37. The minimum Gasteiger partial charge on any atom is -0.383 e. The molecule has 0 bridgehead atoms. The Labute approximate surface area is 94.9 Å². The Kier molecular flexibility index (Phi) is 2.26. The minimum absolute atomic E-state index is 0.665. The van der Waals surface area contributed by atoms with Gasteiger partial charge in [0.2, 0.25) is 0 Å². The van der Waals surface area contributed by atoms with Gasteiger partial charge in [-0.2, -0.15) is 14.9 Å². The molecule has 0 amide bonds. The van der Waals surface area contributed by atoms with Crippen LogP contribution >= 0.6 is 0 Å². The summed E-state index contributed by atoms with van der Waals surface area (Å²) in [6, 6.07) is 0. The van der Waals surface area contributed by atoms with E-state index in [1.807, 2.05) is 39.4 Å². The van der Waals surface area contributed by atoms with Crippen LogP contribution in [0.25, 0.3) is 5.82 Å². The zero-order chi connectivity index (χ0) is 12.0. The molecule has 5 heteroatoms. The van der Waals surface area contributed by atoms with Gasteiger partial charge in [0, 0.05) is 23.9 Å². The quantitative estimate of drug-likeness (QED) is 0.789. The van der Waals surface area contributed by atoms with Gasteiger partial charge in [0.1, 0.15) is 5.82 Å². The molecule has 0 radical (unpaired) electrons. The molecule has 0 saturated carbocycles. The van der Waals surface area contributed by atoms with Crippen LogP contribution in [0.1, 0.15) is 22.5 Å². The monoisotopic (exact) mass is 219 g/mol. The van der Waals surface area contributed by atoms with E-state index < -0.39 is 0 Å². The Bertz CT molecular complexity index is 497. The standard InChI is InChI=1S/C11H17N5/c1-6-8(3)13-16(10(6)12)11-7(2)9(4)15(5)14-11/h12H2,1-5H3. The maximum Gasteiger partial charge on any atom is 0.180 e. The van der Waals surface area contributed by atoms with E-state index in [1.165, 1.54) is 0 Å². The van der Waals surface area contributed by atoms with Crippen LogP contribution < -0.4 is 5.73 Å². The molecule has 0 aromatic carbocycles. The van der Waals surface area contributed by atoms with Crippen molar-refractivity contribution >= 4 is 5.82 Å². The molecule has 0 aliphatic heterocycles. The highest BCUT2D eigenvalue weighted by Gasteiger charge is 2.16. The summed E-state index contributed by atoms with van der Waals surface area (Å²) in [7, 11) is 1.92. The molecule has 0 saturated heterocycles. The smallest absolute Gasteiger partial charge is 0.180 e. The molecule has 0 fully saturated rings. The second-order valence-corrected chi connectivity index (χ2v) is 4.17. The number of hydrogen-bond donors (Lipinski definition) is 1. The molecule has 0 aliphatic carbocycles. The van der Waals surface area contributed by atoms with Gasteiger partial charge in [0.25, 0.3) is 0 Å². The fraction of sp³-hybridized carbons (Fsp3) is 0.455. The molecular weight excluding hydrogens is 202 g/mol. The van der Waals surface area contributed by atoms with E-state index >= 15 is 0 Å². The average molecular weight is 219 g/mol. The number of hydrogen-bond acceptors (Lipinski definition) is 3. The Hall–Kier alpha value is -1.78. The lowest BCUT2D eigenvalue weighted by Gasteiger charge is -2.01. The van der Waals surface area contributed by atoms with Crippen molar-refractivity contribution in [2.45, 2.75) is 27.7 Å². The summed E-state index contributed by atoms with van der Waals surface area (Å²) in [6.07, 6.45) is 0. The molecule has 5 nitrogen and oxygen atoms in total. The van der Waals surface area contributed by atoms with E-state index in [0.29, 0.717) is 5.82 Å². The first-order valence-electron chi connectivity index (χ1n) is 5.25. The number of nitrogen functional groups attached to an aromatic ring is 1. The molecule has 0 unspecified atom stereocenters. The molecule has 2 N–H and O–H groups in total. The van der Waals surface area contributed by atoms with Gasteiger partial charge in [-0.25, -0.2) is 0 Å². The first-order chi connectivity index (χ1) is 7.43. The molecule has 2 rings (SSSR count). The van der Waals surface area contributed by atoms with Crippen molar-refractivity contribution in [1.29, 1.82) is 0 Å². The Morgan fingerprint density at radius 1 is 1.00 bits per heavy atom. The van der Waals surface area contributed by atoms with Gasteiger partial charge in [-0.15, -0.1) is 0 Å². The summed E-state index contributed by atoms with van der Waals surface area (Å²) in [5.74, 6) is 1.48. The molecular formula is C11H17N5. The van der Waals surface area contributed by atoms with Crippen molar-refractivity contribution in [1.82, 2.24) is 19.6 Å². The van der Waals surface area contributed by atoms with Gasteiger partial charge in [0.15, 0.2) is 5.82 Å². The van der Waals surface area contributed by atoms with E-state index in [9.17, 15) is 0 Å². The summed E-state index contributed by atoms with van der Waals surface area (Å²) in [5.41, 5.74) is 10.2. The second-order valence-electron chi connectivity index (χ2n) is 4.17. The summed E-state index contributed by atoms with van der Waals surface area (Å²) in [4.78, 5) is 0. The first kappa shape index (κ1) is 10.7. The zero-order valence-corrected chi connectivity index (χ0v) is 10.4. The van der Waals surface area contributed by atoms with E-state index in [-0.39, 0.29) is 0 Å². The maximum atomic E-state index is 6.01. The Morgan fingerprint density at radius 2 is 1.62 bits per heavy atom. The largest absolute Gasteiger partial charge is 0.383 e. The zero-order valence-electron chi connectivity index (χ0n) is 10.4. The highest BCUT2D eigenvalue weighted by atomic mass is 15.4. The number of aromatic nitrogens is 4. The van der Waals surface area contributed by atoms with Crippen molar-refractivity contribution in [3.05, 3.63) is 22.5 Å². The lowest BCUT2D eigenvalue weighted by Crippen LogP contribution is -2.05. The molecule has 86 valence electrons. The lowest BCUT2D eigenvalue weighted by molar-refractivity contribution is 0.714. The molecule has 2 aromatic rings. The van der Waals surface area contributed by atoms with Crippen LogP contribution in [-0.4, -0.2) is 19.6 Å². The third-order valence-electron chi connectivity index (χ3n) is 3.21. The van der Waals surface area contributed by atoms with Gasteiger partial charge in [-0.1, -0.05) is 0 Å². The lowest BCUT2D eigenvalue weighted by atomic mass is 10.2. The Balaban J connectivity index is 2.68. The van der Waals surface area contributed by atoms with Crippen molar-refractivity contribution in [3.8, 4) is 5.82 Å². The summed E-state index contributed by atoms with van der Waals surface area (Å²) in [5, 5.41) is 8.84. The van der Waals surface area contributed by atoms with Gasteiger partial charge in [-0.3, -0.25) is 4.68 Å². The minimum atomic E-state index is 0.665. The van der Waals surface area contributed by atoms with E-state index in [2.05, 4.69) is 10.2 Å². The van der Waals surface area contributed by atoms with Gasteiger partial charge in [0.05, 0.1) is 5.69 Å². The van der Waals surface area contributed by atoms with Crippen molar-refractivity contribution in [3.63, 3.8) is 0 Å². The van der Waals surface area contributed by atoms with Crippen LogP contribution in [0.4, 0.5) is 5.82 Å². The van der Waals surface area contributed by atoms with Gasteiger partial charge < -0.3 is 5.73 Å². The number of nitrogens with zero attached hydrogens (tertiary/aromatic N) is 4. The van der Waals surface area contributed by atoms with Crippen molar-refractivity contribution in [2.24, 2.45) is 7.05 Å². The van der Waals surface area contributed by atoms with Crippen LogP contribution in [0, 0.1) is 27.7 Å². The first-order valence-corrected chi connectivity index (χ1v) is 5.25. The van der Waals surface area contributed by atoms with E-state index in [0.717, 1.165) is 28.3 Å². The third-order valence-corrected chi connectivity index (χ3v) is 3.21. The molecule has 0 aliphatic rings. The van der Waals surface area contributed by atoms with Gasteiger partial charge in [-0.05, 0) is 27.7 Å². The fourth-order valence-corrected chi connectivity index (χ4v) is 1.68. The molecule has 2 heterocycles. The predicted octanol–water partition coefficient (Wildman–Crippen LogP) is 1.42. The molecule has 16 heavy (non-hydrogen) atoms. The number of rotatable bonds is 1. The third kappa shape index (κ3) is 1.31. The van der Waals surface area contributed by atoms with Gasteiger partial charge >= 0.3 is 0 Å². The molecule has 2 aromatic heterocycles. The van der Waals surface area contributed by atoms with Crippen LogP contribution in [-0.2, 0) is 7.05 Å². The van der Waals surface area contributed by atoms with Crippen LogP contribution in [0.3, 0.4) is 0 Å². The summed E-state index contributed by atoms with van der Waals surface area (Å²) in [6.45, 7) is 7.99. The maximum absolute atomic E-state index is 6.01. The highest BCUT2D eigenvalue weighted by molar-refractivity contribution is 5.49. The number of anilines is 1. The van der Waals surface area contributed by atoms with E-state index in [4.69, 9.17) is 5.73 Å². The molecule has 0 atom stereocenters. The Morgan fingerprint density at radius 3 is 2.00 bits per heavy atom. The number of aryl methyl sites for hydroxylation is 2. The number of nitrogens with two attached hydrogens (primary N) is 1. The normalized spacial score (nSPS) is 11.1. The SMILES string of the molecule is Cc1nn(-c2nn(C)c(C)c2C)c(N)c1C.